The third-order valence-corrected chi connectivity index (χ3v) is 2.17. The number of halogens is 3. The summed E-state index contributed by atoms with van der Waals surface area (Å²) in [4.78, 5) is 0. The van der Waals surface area contributed by atoms with E-state index in [2.05, 4.69) is 5.32 Å². The first-order valence-corrected chi connectivity index (χ1v) is 4.90. The number of likely N-dealkylation sites (N-methyl/N-ethyl adjacent to an activating group) is 1. The minimum atomic E-state index is -2.48. The zero-order valence-corrected chi connectivity index (χ0v) is 8.51. The highest BCUT2D eigenvalue weighted by molar-refractivity contribution is 5.18. The Labute approximate surface area is 87.3 Å². The van der Waals surface area contributed by atoms with Crippen molar-refractivity contribution >= 4 is 0 Å². The van der Waals surface area contributed by atoms with E-state index in [4.69, 9.17) is 0 Å². The van der Waals surface area contributed by atoms with Crippen molar-refractivity contribution in [2.75, 3.05) is 6.54 Å². The second-order valence-electron chi connectivity index (χ2n) is 3.29. The number of hydrogen-bond donors (Lipinski definition) is 1. The van der Waals surface area contributed by atoms with Gasteiger partial charge in [0.25, 0.3) is 6.43 Å². The lowest BCUT2D eigenvalue weighted by molar-refractivity contribution is 0.0987. The van der Waals surface area contributed by atoms with E-state index in [-0.39, 0.29) is 6.42 Å². The summed E-state index contributed by atoms with van der Waals surface area (Å²) in [6.07, 6.45) is -2.47. The van der Waals surface area contributed by atoms with Crippen LogP contribution in [0.3, 0.4) is 0 Å². The van der Waals surface area contributed by atoms with Gasteiger partial charge in [-0.25, -0.2) is 13.2 Å². The van der Waals surface area contributed by atoms with Gasteiger partial charge in [0, 0.05) is 0 Å². The highest BCUT2D eigenvalue weighted by Gasteiger charge is 2.20. The monoisotopic (exact) mass is 217 g/mol. The third kappa shape index (κ3) is 3.55. The van der Waals surface area contributed by atoms with Crippen LogP contribution < -0.4 is 5.32 Å². The maximum Gasteiger partial charge on any atom is 0.254 e. The average molecular weight is 217 g/mol. The Balaban J connectivity index is 2.69. The maximum absolute atomic E-state index is 13.2. The van der Waals surface area contributed by atoms with E-state index in [0.717, 1.165) is 0 Å². The first kappa shape index (κ1) is 12.0. The van der Waals surface area contributed by atoms with E-state index in [1.54, 1.807) is 19.1 Å². The summed E-state index contributed by atoms with van der Waals surface area (Å²) in [6.45, 7) is 2.19. The summed E-state index contributed by atoms with van der Waals surface area (Å²) in [6, 6.07) is 5.02. The summed E-state index contributed by atoms with van der Waals surface area (Å²) >= 11 is 0. The number of benzene rings is 1. The molecule has 15 heavy (non-hydrogen) atoms. The van der Waals surface area contributed by atoms with E-state index in [0.29, 0.717) is 12.1 Å². The van der Waals surface area contributed by atoms with Crippen LogP contribution in [0.4, 0.5) is 13.2 Å². The Morgan fingerprint density at radius 1 is 1.27 bits per heavy atom. The Morgan fingerprint density at radius 2 is 1.93 bits per heavy atom. The maximum atomic E-state index is 13.2. The van der Waals surface area contributed by atoms with E-state index >= 15 is 0 Å². The molecule has 1 unspecified atom stereocenters. The predicted octanol–water partition coefficient (Wildman–Crippen LogP) is 2.61. The Kier molecular flexibility index (Phi) is 4.62. The minimum absolute atomic E-state index is 0.0121. The second-order valence-corrected chi connectivity index (χ2v) is 3.29. The lowest BCUT2D eigenvalue weighted by atomic mass is 10.1. The second kappa shape index (κ2) is 5.75. The predicted molar refractivity (Wildman–Crippen MR) is 53.6 cm³/mol. The van der Waals surface area contributed by atoms with Gasteiger partial charge in [-0.05, 0) is 24.6 Å². The van der Waals surface area contributed by atoms with Crippen molar-refractivity contribution in [1.29, 1.82) is 0 Å². The molecule has 1 aromatic carbocycles. The molecule has 0 aliphatic heterocycles. The fraction of sp³-hybridized carbons (Fsp3) is 0.455. The van der Waals surface area contributed by atoms with Crippen molar-refractivity contribution in [1.82, 2.24) is 5.32 Å². The molecule has 84 valence electrons. The van der Waals surface area contributed by atoms with E-state index in [9.17, 15) is 13.2 Å². The minimum Gasteiger partial charge on any atom is -0.309 e. The smallest absolute Gasteiger partial charge is 0.254 e. The van der Waals surface area contributed by atoms with Gasteiger partial charge in [0.15, 0.2) is 0 Å². The molecule has 0 saturated carbocycles. The van der Waals surface area contributed by atoms with Crippen LogP contribution in [0.2, 0.25) is 0 Å². The van der Waals surface area contributed by atoms with Crippen molar-refractivity contribution in [3.05, 3.63) is 35.6 Å². The number of rotatable bonds is 5. The normalized spacial score (nSPS) is 13.1. The van der Waals surface area contributed by atoms with Crippen LogP contribution in [0.1, 0.15) is 12.5 Å². The molecule has 0 amide bonds. The van der Waals surface area contributed by atoms with Crippen LogP contribution in [-0.2, 0) is 6.42 Å². The molecular formula is C11H14F3N. The molecule has 1 atom stereocenters. The van der Waals surface area contributed by atoms with Gasteiger partial charge in [-0.15, -0.1) is 0 Å². The molecule has 1 rings (SSSR count). The van der Waals surface area contributed by atoms with E-state index in [1.807, 2.05) is 0 Å². The molecule has 0 heterocycles. The van der Waals surface area contributed by atoms with Gasteiger partial charge in [0.1, 0.15) is 5.82 Å². The van der Waals surface area contributed by atoms with Crippen molar-refractivity contribution < 1.29 is 13.2 Å². The van der Waals surface area contributed by atoms with Gasteiger partial charge in [-0.2, -0.15) is 0 Å². The van der Waals surface area contributed by atoms with Crippen molar-refractivity contribution in [3.63, 3.8) is 0 Å². The zero-order chi connectivity index (χ0) is 11.3. The van der Waals surface area contributed by atoms with Gasteiger partial charge >= 0.3 is 0 Å². The fourth-order valence-electron chi connectivity index (χ4n) is 1.41. The zero-order valence-electron chi connectivity index (χ0n) is 8.51. The van der Waals surface area contributed by atoms with Gasteiger partial charge in [-0.1, -0.05) is 25.1 Å². The molecule has 0 aliphatic rings. The van der Waals surface area contributed by atoms with E-state index < -0.39 is 18.3 Å². The lowest BCUT2D eigenvalue weighted by Gasteiger charge is -2.16. The summed E-state index contributed by atoms with van der Waals surface area (Å²) < 4.78 is 38.2. The van der Waals surface area contributed by atoms with Gasteiger partial charge in [0.2, 0.25) is 0 Å². The fourth-order valence-corrected chi connectivity index (χ4v) is 1.41. The number of nitrogens with one attached hydrogen (secondary N) is 1. The van der Waals surface area contributed by atoms with Crippen LogP contribution >= 0.6 is 0 Å². The molecule has 0 saturated heterocycles. The summed E-state index contributed by atoms with van der Waals surface area (Å²) in [7, 11) is 0. The lowest BCUT2D eigenvalue weighted by Crippen LogP contribution is -2.37. The summed E-state index contributed by atoms with van der Waals surface area (Å²) in [5.41, 5.74) is 0.323. The molecule has 0 fully saturated rings. The van der Waals surface area contributed by atoms with Gasteiger partial charge < -0.3 is 5.32 Å². The molecule has 1 aromatic rings. The molecule has 0 bridgehead atoms. The summed E-state index contributed by atoms with van der Waals surface area (Å²) in [5.74, 6) is -0.430. The molecule has 1 N–H and O–H groups in total. The van der Waals surface area contributed by atoms with Gasteiger partial charge in [-0.3, -0.25) is 0 Å². The topological polar surface area (TPSA) is 12.0 Å². The van der Waals surface area contributed by atoms with Crippen LogP contribution in [0.25, 0.3) is 0 Å². The Bertz CT molecular complexity index is 302. The van der Waals surface area contributed by atoms with Crippen molar-refractivity contribution in [2.45, 2.75) is 25.8 Å². The molecule has 0 spiro atoms. The standard InChI is InChI=1S/C11H14F3N/c1-2-15-10(11(13)14)7-8-5-3-4-6-9(8)12/h3-6,10-11,15H,2,7H2,1H3. The van der Waals surface area contributed by atoms with Crippen molar-refractivity contribution in [3.8, 4) is 0 Å². The highest BCUT2D eigenvalue weighted by Crippen LogP contribution is 2.12. The Morgan fingerprint density at radius 3 is 2.47 bits per heavy atom. The van der Waals surface area contributed by atoms with Crippen LogP contribution in [-0.4, -0.2) is 19.0 Å². The largest absolute Gasteiger partial charge is 0.309 e. The summed E-state index contributed by atoms with van der Waals surface area (Å²) in [5, 5.41) is 2.64. The molecule has 0 radical (unpaired) electrons. The Hall–Kier alpha value is -1.03. The number of alkyl halides is 2. The molecule has 1 nitrogen and oxygen atoms in total. The van der Waals surface area contributed by atoms with Crippen LogP contribution in [0, 0.1) is 5.82 Å². The quantitative estimate of drug-likeness (QED) is 0.799. The SMILES string of the molecule is CCNC(Cc1ccccc1F)C(F)F. The molecule has 0 aromatic heterocycles. The average Bonchev–Trinajstić information content (AvgIpc) is 2.20. The van der Waals surface area contributed by atoms with Crippen LogP contribution in [0.15, 0.2) is 24.3 Å². The first-order valence-electron chi connectivity index (χ1n) is 4.90. The van der Waals surface area contributed by atoms with Crippen LogP contribution in [0.5, 0.6) is 0 Å². The molecule has 0 aliphatic carbocycles. The van der Waals surface area contributed by atoms with Crippen molar-refractivity contribution in [2.24, 2.45) is 0 Å². The van der Waals surface area contributed by atoms with Gasteiger partial charge in [0.05, 0.1) is 6.04 Å². The highest BCUT2D eigenvalue weighted by atomic mass is 19.3. The third-order valence-electron chi connectivity index (χ3n) is 2.17. The molecular weight excluding hydrogens is 203 g/mol. The molecule has 4 heteroatoms. The first-order chi connectivity index (χ1) is 7.15. The number of hydrogen-bond acceptors (Lipinski definition) is 1. The van der Waals surface area contributed by atoms with E-state index in [1.165, 1.54) is 12.1 Å².